The third kappa shape index (κ3) is 3.49. The molecule has 0 spiro atoms. The van der Waals surface area contributed by atoms with Crippen LogP contribution in [0.3, 0.4) is 0 Å². The Morgan fingerprint density at radius 2 is 1.92 bits per heavy atom. The van der Waals surface area contributed by atoms with Crippen molar-refractivity contribution in [1.29, 1.82) is 0 Å². The SMILES string of the molecule is CCn1nc(CC(C)C)cc1C(=O)N1CCC(n2cnnc2)CC1. The molecule has 3 heterocycles. The molecule has 0 N–H and O–H groups in total. The molecule has 1 aliphatic rings. The standard InChI is InChI=1S/C17H26N6O/c1-4-23-16(10-14(20-23)9-13(2)3)17(24)21-7-5-15(6-8-21)22-11-18-19-12-22/h10-13,15H,4-9H2,1-3H3. The van der Waals surface area contributed by atoms with Gasteiger partial charge in [-0.3, -0.25) is 9.48 Å². The van der Waals surface area contributed by atoms with Gasteiger partial charge in [0.05, 0.1) is 5.69 Å². The fourth-order valence-electron chi connectivity index (χ4n) is 3.33. The first-order valence-electron chi connectivity index (χ1n) is 8.78. The lowest BCUT2D eigenvalue weighted by Gasteiger charge is -2.32. The molecule has 1 saturated heterocycles. The molecule has 24 heavy (non-hydrogen) atoms. The molecule has 0 bridgehead atoms. The average Bonchev–Trinajstić information content (AvgIpc) is 3.23. The smallest absolute Gasteiger partial charge is 0.272 e. The van der Waals surface area contributed by atoms with Crippen LogP contribution in [0.1, 0.15) is 55.8 Å². The van der Waals surface area contributed by atoms with Crippen molar-refractivity contribution in [3.8, 4) is 0 Å². The van der Waals surface area contributed by atoms with Crippen LogP contribution in [0.4, 0.5) is 0 Å². The molecular formula is C17H26N6O. The summed E-state index contributed by atoms with van der Waals surface area (Å²) >= 11 is 0. The number of aromatic nitrogens is 5. The van der Waals surface area contributed by atoms with Crippen molar-refractivity contribution in [2.45, 2.75) is 52.6 Å². The van der Waals surface area contributed by atoms with E-state index in [0.29, 0.717) is 12.0 Å². The van der Waals surface area contributed by atoms with E-state index in [0.717, 1.165) is 50.3 Å². The quantitative estimate of drug-likeness (QED) is 0.842. The van der Waals surface area contributed by atoms with Crippen LogP contribution in [0, 0.1) is 5.92 Å². The fraction of sp³-hybridized carbons (Fsp3) is 0.647. The van der Waals surface area contributed by atoms with Crippen LogP contribution in [0.2, 0.25) is 0 Å². The molecule has 0 atom stereocenters. The number of carbonyl (C=O) groups excluding carboxylic acids is 1. The van der Waals surface area contributed by atoms with E-state index in [4.69, 9.17) is 0 Å². The number of amides is 1. The summed E-state index contributed by atoms with van der Waals surface area (Å²) in [4.78, 5) is 14.9. The second kappa shape index (κ2) is 7.15. The number of aryl methyl sites for hydroxylation is 1. The van der Waals surface area contributed by atoms with Crippen LogP contribution in [0.5, 0.6) is 0 Å². The molecule has 0 unspecified atom stereocenters. The lowest BCUT2D eigenvalue weighted by atomic mass is 10.0. The lowest BCUT2D eigenvalue weighted by Crippen LogP contribution is -2.39. The molecule has 1 fully saturated rings. The first-order chi connectivity index (χ1) is 11.6. The van der Waals surface area contributed by atoms with Crippen molar-refractivity contribution < 1.29 is 4.79 Å². The largest absolute Gasteiger partial charge is 0.337 e. The first-order valence-corrected chi connectivity index (χ1v) is 8.78. The van der Waals surface area contributed by atoms with Crippen molar-refractivity contribution in [2.75, 3.05) is 13.1 Å². The second-order valence-electron chi connectivity index (χ2n) is 6.87. The molecule has 0 aromatic carbocycles. The Morgan fingerprint density at radius 3 is 2.50 bits per heavy atom. The van der Waals surface area contributed by atoms with Crippen molar-refractivity contribution in [2.24, 2.45) is 5.92 Å². The molecule has 3 rings (SSSR count). The van der Waals surface area contributed by atoms with Gasteiger partial charge in [0.1, 0.15) is 18.3 Å². The van der Waals surface area contributed by atoms with Gasteiger partial charge in [-0.2, -0.15) is 5.10 Å². The molecule has 1 amide bonds. The highest BCUT2D eigenvalue weighted by Crippen LogP contribution is 2.23. The van der Waals surface area contributed by atoms with E-state index in [9.17, 15) is 4.79 Å². The maximum Gasteiger partial charge on any atom is 0.272 e. The Hall–Kier alpha value is -2.18. The van der Waals surface area contributed by atoms with Crippen molar-refractivity contribution in [3.63, 3.8) is 0 Å². The van der Waals surface area contributed by atoms with Gasteiger partial charge in [0, 0.05) is 25.7 Å². The second-order valence-corrected chi connectivity index (χ2v) is 6.87. The summed E-state index contributed by atoms with van der Waals surface area (Å²) in [6.45, 7) is 8.61. The van der Waals surface area contributed by atoms with Crippen LogP contribution in [0.15, 0.2) is 18.7 Å². The average molecular weight is 330 g/mol. The predicted molar refractivity (Wildman–Crippen MR) is 90.6 cm³/mol. The highest BCUT2D eigenvalue weighted by atomic mass is 16.2. The molecule has 0 aliphatic carbocycles. The number of rotatable bonds is 5. The number of carbonyl (C=O) groups is 1. The van der Waals surface area contributed by atoms with Gasteiger partial charge in [-0.05, 0) is 38.2 Å². The topological polar surface area (TPSA) is 68.8 Å². The van der Waals surface area contributed by atoms with Crippen LogP contribution in [-0.2, 0) is 13.0 Å². The van der Waals surface area contributed by atoms with E-state index >= 15 is 0 Å². The Balaban J connectivity index is 1.67. The van der Waals surface area contributed by atoms with Crippen LogP contribution >= 0.6 is 0 Å². The third-order valence-corrected chi connectivity index (χ3v) is 4.58. The number of piperidine rings is 1. The van der Waals surface area contributed by atoms with Gasteiger partial charge >= 0.3 is 0 Å². The van der Waals surface area contributed by atoms with E-state index in [2.05, 4.69) is 29.1 Å². The summed E-state index contributed by atoms with van der Waals surface area (Å²) in [5, 5.41) is 12.3. The van der Waals surface area contributed by atoms with E-state index in [1.54, 1.807) is 12.7 Å². The molecule has 7 heteroatoms. The maximum absolute atomic E-state index is 12.9. The van der Waals surface area contributed by atoms with E-state index in [1.165, 1.54) is 0 Å². The van der Waals surface area contributed by atoms with Gasteiger partial charge in [0.25, 0.3) is 5.91 Å². The van der Waals surface area contributed by atoms with Crippen molar-refractivity contribution >= 4 is 5.91 Å². The summed E-state index contributed by atoms with van der Waals surface area (Å²) in [5.74, 6) is 0.634. The zero-order valence-electron chi connectivity index (χ0n) is 14.7. The Bertz CT molecular complexity index is 667. The summed E-state index contributed by atoms with van der Waals surface area (Å²) in [6, 6.07) is 2.36. The molecule has 0 radical (unpaired) electrons. The fourth-order valence-corrected chi connectivity index (χ4v) is 3.33. The minimum absolute atomic E-state index is 0.0987. The number of nitrogens with zero attached hydrogens (tertiary/aromatic N) is 6. The predicted octanol–water partition coefficient (Wildman–Crippen LogP) is 2.17. The molecule has 1 aliphatic heterocycles. The molecule has 7 nitrogen and oxygen atoms in total. The minimum Gasteiger partial charge on any atom is -0.337 e. The summed E-state index contributed by atoms with van der Waals surface area (Å²) in [6.07, 6.45) is 6.29. The van der Waals surface area contributed by atoms with Crippen LogP contribution in [0.25, 0.3) is 0 Å². The third-order valence-electron chi connectivity index (χ3n) is 4.58. The molecule has 2 aromatic rings. The van der Waals surface area contributed by atoms with Gasteiger partial charge in [-0.1, -0.05) is 13.8 Å². The van der Waals surface area contributed by atoms with Gasteiger partial charge in [-0.25, -0.2) is 0 Å². The Morgan fingerprint density at radius 1 is 1.25 bits per heavy atom. The van der Waals surface area contributed by atoms with Crippen LogP contribution < -0.4 is 0 Å². The van der Waals surface area contributed by atoms with Gasteiger partial charge < -0.3 is 9.47 Å². The molecular weight excluding hydrogens is 304 g/mol. The normalized spacial score (nSPS) is 16.1. The molecule has 130 valence electrons. The first kappa shape index (κ1) is 16.7. The number of hydrogen-bond acceptors (Lipinski definition) is 4. The molecule has 0 saturated carbocycles. The number of hydrogen-bond donors (Lipinski definition) is 0. The summed E-state index contributed by atoms with van der Waals surface area (Å²) < 4.78 is 3.88. The number of likely N-dealkylation sites (tertiary alicyclic amines) is 1. The van der Waals surface area contributed by atoms with E-state index < -0.39 is 0 Å². The lowest BCUT2D eigenvalue weighted by molar-refractivity contribution is 0.0682. The highest BCUT2D eigenvalue weighted by Gasteiger charge is 2.26. The minimum atomic E-state index is 0.0987. The zero-order chi connectivity index (χ0) is 17.1. The van der Waals surface area contributed by atoms with Crippen molar-refractivity contribution in [3.05, 3.63) is 30.1 Å². The monoisotopic (exact) mass is 330 g/mol. The van der Waals surface area contributed by atoms with E-state index in [-0.39, 0.29) is 5.91 Å². The van der Waals surface area contributed by atoms with Crippen molar-refractivity contribution in [1.82, 2.24) is 29.4 Å². The Labute approximate surface area is 142 Å². The van der Waals surface area contributed by atoms with Gasteiger partial charge in [0.2, 0.25) is 0 Å². The molecule has 2 aromatic heterocycles. The van der Waals surface area contributed by atoms with Crippen LogP contribution in [-0.4, -0.2) is 48.4 Å². The van der Waals surface area contributed by atoms with E-state index in [1.807, 2.05) is 27.1 Å². The highest BCUT2D eigenvalue weighted by molar-refractivity contribution is 5.92. The summed E-state index contributed by atoms with van der Waals surface area (Å²) in [7, 11) is 0. The maximum atomic E-state index is 12.9. The van der Waals surface area contributed by atoms with Gasteiger partial charge in [-0.15, -0.1) is 10.2 Å². The summed E-state index contributed by atoms with van der Waals surface area (Å²) in [5.41, 5.74) is 1.73. The van der Waals surface area contributed by atoms with Gasteiger partial charge in [0.15, 0.2) is 0 Å². The Kier molecular flexibility index (Phi) is 4.97. The zero-order valence-corrected chi connectivity index (χ0v) is 14.7.